The van der Waals surface area contributed by atoms with Gasteiger partial charge in [0.05, 0.1) is 11.6 Å². The van der Waals surface area contributed by atoms with Gasteiger partial charge in [-0.15, -0.1) is 0 Å². The van der Waals surface area contributed by atoms with Crippen LogP contribution in [0.15, 0.2) is 22.7 Å². The first-order valence-electron chi connectivity index (χ1n) is 6.20. The van der Waals surface area contributed by atoms with Gasteiger partial charge in [0.1, 0.15) is 5.75 Å². The van der Waals surface area contributed by atoms with E-state index in [0.717, 1.165) is 22.2 Å². The van der Waals surface area contributed by atoms with Crippen molar-refractivity contribution in [1.82, 2.24) is 10.6 Å². The molecule has 106 valence electrons. The third-order valence-electron chi connectivity index (χ3n) is 2.40. The molecule has 0 spiro atoms. The summed E-state index contributed by atoms with van der Waals surface area (Å²) >= 11 is 3.44. The molecule has 0 aliphatic carbocycles. The first-order valence-corrected chi connectivity index (χ1v) is 6.99. The molecule has 0 saturated heterocycles. The summed E-state index contributed by atoms with van der Waals surface area (Å²) < 4.78 is 6.09. The standard InChI is InChI=1S/C14H21BrN2O2/c1-14(2,3)17-13(18)16-8-7-10-5-6-12(19-4)11(15)9-10/h5-6,9H,7-8H2,1-4H3,(H2,16,17,18). The van der Waals surface area contributed by atoms with Crippen LogP contribution in [0.3, 0.4) is 0 Å². The number of benzene rings is 1. The molecular formula is C14H21BrN2O2. The molecule has 19 heavy (non-hydrogen) atoms. The average Bonchev–Trinajstić information content (AvgIpc) is 2.26. The van der Waals surface area contributed by atoms with Gasteiger partial charge in [-0.05, 0) is 60.8 Å². The van der Waals surface area contributed by atoms with Crippen molar-refractivity contribution in [2.24, 2.45) is 0 Å². The molecule has 0 heterocycles. The van der Waals surface area contributed by atoms with Crippen LogP contribution in [0.25, 0.3) is 0 Å². The molecule has 0 aliphatic heterocycles. The van der Waals surface area contributed by atoms with Crippen molar-refractivity contribution in [2.45, 2.75) is 32.7 Å². The zero-order chi connectivity index (χ0) is 14.5. The van der Waals surface area contributed by atoms with Gasteiger partial charge in [0, 0.05) is 12.1 Å². The molecule has 1 aromatic rings. The third kappa shape index (κ3) is 5.96. The highest BCUT2D eigenvalue weighted by molar-refractivity contribution is 9.10. The van der Waals surface area contributed by atoms with Crippen molar-refractivity contribution in [3.05, 3.63) is 28.2 Å². The summed E-state index contributed by atoms with van der Waals surface area (Å²) in [6.45, 7) is 6.45. The van der Waals surface area contributed by atoms with Crippen LogP contribution in [0.1, 0.15) is 26.3 Å². The van der Waals surface area contributed by atoms with E-state index in [4.69, 9.17) is 4.74 Å². The predicted octanol–water partition coefficient (Wildman–Crippen LogP) is 3.10. The zero-order valence-corrected chi connectivity index (χ0v) is 13.4. The summed E-state index contributed by atoms with van der Waals surface area (Å²) in [4.78, 5) is 11.6. The molecule has 0 bridgehead atoms. The minimum absolute atomic E-state index is 0.139. The minimum Gasteiger partial charge on any atom is -0.496 e. The first-order chi connectivity index (χ1) is 8.81. The van der Waals surface area contributed by atoms with Gasteiger partial charge in [0.25, 0.3) is 0 Å². The van der Waals surface area contributed by atoms with Crippen molar-refractivity contribution in [3.63, 3.8) is 0 Å². The molecule has 4 nitrogen and oxygen atoms in total. The molecule has 1 aromatic carbocycles. The number of ether oxygens (including phenoxy) is 1. The van der Waals surface area contributed by atoms with E-state index < -0.39 is 0 Å². The van der Waals surface area contributed by atoms with Crippen molar-refractivity contribution >= 4 is 22.0 Å². The molecule has 0 radical (unpaired) electrons. The summed E-state index contributed by atoms with van der Waals surface area (Å²) in [6.07, 6.45) is 0.778. The second-order valence-electron chi connectivity index (χ2n) is 5.35. The fraction of sp³-hybridized carbons (Fsp3) is 0.500. The maximum atomic E-state index is 11.6. The lowest BCUT2D eigenvalue weighted by molar-refractivity contribution is 0.232. The van der Waals surface area contributed by atoms with E-state index in [9.17, 15) is 4.79 Å². The highest BCUT2D eigenvalue weighted by Gasteiger charge is 2.12. The van der Waals surface area contributed by atoms with E-state index >= 15 is 0 Å². The Morgan fingerprint density at radius 2 is 2.05 bits per heavy atom. The Balaban J connectivity index is 2.41. The predicted molar refractivity (Wildman–Crippen MR) is 80.7 cm³/mol. The number of nitrogens with one attached hydrogen (secondary N) is 2. The van der Waals surface area contributed by atoms with E-state index in [-0.39, 0.29) is 11.6 Å². The van der Waals surface area contributed by atoms with E-state index in [2.05, 4.69) is 26.6 Å². The van der Waals surface area contributed by atoms with Crippen LogP contribution in [-0.2, 0) is 6.42 Å². The monoisotopic (exact) mass is 328 g/mol. The molecular weight excluding hydrogens is 308 g/mol. The first kappa shape index (κ1) is 15.8. The van der Waals surface area contributed by atoms with E-state index in [1.807, 2.05) is 39.0 Å². The van der Waals surface area contributed by atoms with E-state index in [1.54, 1.807) is 7.11 Å². The van der Waals surface area contributed by atoms with E-state index in [0.29, 0.717) is 6.54 Å². The number of hydrogen-bond acceptors (Lipinski definition) is 2. The SMILES string of the molecule is COc1ccc(CCNC(=O)NC(C)(C)C)cc1Br. The fourth-order valence-electron chi connectivity index (χ4n) is 1.57. The number of urea groups is 1. The molecule has 0 aliphatic rings. The molecule has 0 saturated carbocycles. The normalized spacial score (nSPS) is 11.0. The van der Waals surface area contributed by atoms with Crippen LogP contribution in [0, 0.1) is 0 Å². The molecule has 2 amide bonds. The molecule has 0 aromatic heterocycles. The summed E-state index contributed by atoms with van der Waals surface area (Å²) in [6, 6.07) is 5.77. The summed E-state index contributed by atoms with van der Waals surface area (Å²) in [7, 11) is 1.64. The average molecular weight is 329 g/mol. The number of halogens is 1. The third-order valence-corrected chi connectivity index (χ3v) is 3.02. The Morgan fingerprint density at radius 3 is 2.58 bits per heavy atom. The van der Waals surface area contributed by atoms with Crippen molar-refractivity contribution in [3.8, 4) is 5.75 Å². The topological polar surface area (TPSA) is 50.4 Å². The zero-order valence-electron chi connectivity index (χ0n) is 11.8. The van der Waals surface area contributed by atoms with Crippen LogP contribution in [0.2, 0.25) is 0 Å². The van der Waals surface area contributed by atoms with Crippen LogP contribution >= 0.6 is 15.9 Å². The second-order valence-corrected chi connectivity index (χ2v) is 6.20. The Morgan fingerprint density at radius 1 is 1.37 bits per heavy atom. The Kier molecular flexibility index (Phi) is 5.66. The van der Waals surface area contributed by atoms with Gasteiger partial charge in [-0.1, -0.05) is 6.07 Å². The van der Waals surface area contributed by atoms with Gasteiger partial charge in [-0.3, -0.25) is 0 Å². The maximum Gasteiger partial charge on any atom is 0.315 e. The second kappa shape index (κ2) is 6.80. The molecule has 0 unspecified atom stereocenters. The Bertz CT molecular complexity index is 442. The van der Waals surface area contributed by atoms with Gasteiger partial charge < -0.3 is 15.4 Å². The molecule has 0 atom stereocenters. The lowest BCUT2D eigenvalue weighted by Crippen LogP contribution is -2.46. The maximum absolute atomic E-state index is 11.6. The van der Waals surface area contributed by atoms with Crippen LogP contribution in [-0.4, -0.2) is 25.2 Å². The number of carbonyl (C=O) groups excluding carboxylic acids is 1. The van der Waals surface area contributed by atoms with Gasteiger partial charge in [0.2, 0.25) is 0 Å². The summed E-state index contributed by atoms with van der Waals surface area (Å²) in [5.41, 5.74) is 0.927. The summed E-state index contributed by atoms with van der Waals surface area (Å²) in [5, 5.41) is 5.69. The number of rotatable bonds is 4. The number of amides is 2. The van der Waals surface area contributed by atoms with Gasteiger partial charge >= 0.3 is 6.03 Å². The smallest absolute Gasteiger partial charge is 0.315 e. The Hall–Kier alpha value is -1.23. The largest absolute Gasteiger partial charge is 0.496 e. The summed E-state index contributed by atoms with van der Waals surface area (Å²) in [5.74, 6) is 0.808. The highest BCUT2D eigenvalue weighted by Crippen LogP contribution is 2.25. The van der Waals surface area contributed by atoms with Gasteiger partial charge in [-0.25, -0.2) is 4.79 Å². The molecule has 5 heteroatoms. The van der Waals surface area contributed by atoms with Gasteiger partial charge in [0.15, 0.2) is 0 Å². The van der Waals surface area contributed by atoms with Crippen molar-refractivity contribution in [2.75, 3.05) is 13.7 Å². The van der Waals surface area contributed by atoms with Crippen LogP contribution in [0.5, 0.6) is 5.75 Å². The quantitative estimate of drug-likeness (QED) is 0.892. The van der Waals surface area contributed by atoms with E-state index in [1.165, 1.54) is 0 Å². The lowest BCUT2D eigenvalue weighted by atomic mass is 10.1. The molecule has 0 fully saturated rings. The van der Waals surface area contributed by atoms with Gasteiger partial charge in [-0.2, -0.15) is 0 Å². The number of hydrogen-bond donors (Lipinski definition) is 2. The Labute approximate surface area is 123 Å². The lowest BCUT2D eigenvalue weighted by Gasteiger charge is -2.20. The molecule has 2 N–H and O–H groups in total. The highest BCUT2D eigenvalue weighted by atomic mass is 79.9. The minimum atomic E-state index is -0.215. The van der Waals surface area contributed by atoms with Crippen LogP contribution in [0.4, 0.5) is 4.79 Å². The number of carbonyl (C=O) groups is 1. The van der Waals surface area contributed by atoms with Crippen LogP contribution < -0.4 is 15.4 Å². The van der Waals surface area contributed by atoms with Crippen molar-refractivity contribution < 1.29 is 9.53 Å². The fourth-order valence-corrected chi connectivity index (χ4v) is 2.16. The number of methoxy groups -OCH3 is 1. The van der Waals surface area contributed by atoms with Crippen molar-refractivity contribution in [1.29, 1.82) is 0 Å². The molecule has 1 rings (SSSR count).